The van der Waals surface area contributed by atoms with Crippen molar-refractivity contribution in [3.8, 4) is 0 Å². The van der Waals surface area contributed by atoms with Crippen molar-refractivity contribution in [2.75, 3.05) is 11.9 Å². The Labute approximate surface area is 104 Å². The van der Waals surface area contributed by atoms with Gasteiger partial charge in [-0.2, -0.15) is 13.2 Å². The molecule has 1 aromatic carbocycles. The second-order valence-electron chi connectivity index (χ2n) is 3.39. The number of halogens is 4. The van der Waals surface area contributed by atoms with Crippen LogP contribution in [0.2, 0.25) is 0 Å². The van der Waals surface area contributed by atoms with Crippen molar-refractivity contribution in [2.45, 2.75) is 6.18 Å². The van der Waals surface area contributed by atoms with Gasteiger partial charge in [-0.15, -0.1) is 0 Å². The second kappa shape index (κ2) is 5.55. The Balaban J connectivity index is 2.82. The second-order valence-corrected chi connectivity index (χ2v) is 3.39. The van der Waals surface area contributed by atoms with Crippen molar-refractivity contribution in [3.05, 3.63) is 29.6 Å². The zero-order valence-corrected chi connectivity index (χ0v) is 9.21. The van der Waals surface area contributed by atoms with E-state index >= 15 is 0 Å². The summed E-state index contributed by atoms with van der Waals surface area (Å²) < 4.78 is 48.8. The minimum atomic E-state index is -4.62. The quantitative estimate of drug-likeness (QED) is 0.743. The average Bonchev–Trinajstić information content (AvgIpc) is 2.28. The highest BCUT2D eigenvalue weighted by Gasteiger charge is 2.28. The molecule has 0 bridgehead atoms. The van der Waals surface area contributed by atoms with Crippen molar-refractivity contribution in [3.63, 3.8) is 0 Å². The van der Waals surface area contributed by atoms with Gasteiger partial charge in [-0.05, 0) is 12.1 Å². The Hall–Kier alpha value is -2.32. The van der Waals surface area contributed by atoms with Crippen LogP contribution in [-0.2, 0) is 0 Å². The van der Waals surface area contributed by atoms with E-state index in [4.69, 9.17) is 5.11 Å². The van der Waals surface area contributed by atoms with Gasteiger partial charge in [0.1, 0.15) is 12.4 Å². The van der Waals surface area contributed by atoms with Gasteiger partial charge in [0.15, 0.2) is 0 Å². The molecule has 9 heteroatoms. The highest BCUT2D eigenvalue weighted by molar-refractivity contribution is 6.00. The number of urea groups is 1. The highest BCUT2D eigenvalue weighted by Crippen LogP contribution is 2.20. The number of para-hydroxylation sites is 1. The molecule has 0 saturated heterocycles. The molecule has 104 valence electrons. The van der Waals surface area contributed by atoms with E-state index in [1.54, 1.807) is 5.32 Å². The summed E-state index contributed by atoms with van der Waals surface area (Å²) >= 11 is 0. The van der Waals surface area contributed by atoms with Gasteiger partial charge in [0.25, 0.3) is 0 Å². The molecule has 0 unspecified atom stereocenters. The van der Waals surface area contributed by atoms with E-state index in [-0.39, 0.29) is 0 Å². The number of hydrogen-bond donors (Lipinski definition) is 3. The number of aromatic carboxylic acids is 1. The van der Waals surface area contributed by atoms with Gasteiger partial charge in [-0.25, -0.2) is 14.0 Å². The highest BCUT2D eigenvalue weighted by atomic mass is 19.4. The fraction of sp³-hybridized carbons (Fsp3) is 0.200. The number of carboxylic acids is 1. The predicted octanol–water partition coefficient (Wildman–Crippen LogP) is 2.21. The van der Waals surface area contributed by atoms with Crippen LogP contribution < -0.4 is 10.6 Å². The molecule has 2 amide bonds. The summed E-state index contributed by atoms with van der Waals surface area (Å²) in [6.07, 6.45) is -4.62. The standard InChI is InChI=1S/C10H8F4N2O3/c11-6-3-1-2-5(8(17)18)7(6)16-9(19)15-4-10(12,13)14/h1-3H,4H2,(H,17,18)(H2,15,16,19). The maximum absolute atomic E-state index is 13.3. The number of carboxylic acid groups (broad SMARTS) is 1. The number of rotatable bonds is 3. The number of hydrogen-bond acceptors (Lipinski definition) is 2. The van der Waals surface area contributed by atoms with Crippen molar-refractivity contribution in [1.29, 1.82) is 0 Å². The van der Waals surface area contributed by atoms with Gasteiger partial charge >= 0.3 is 18.2 Å². The van der Waals surface area contributed by atoms with E-state index in [1.165, 1.54) is 5.32 Å². The normalized spacial score (nSPS) is 10.9. The lowest BCUT2D eigenvalue weighted by molar-refractivity contribution is -0.122. The van der Waals surface area contributed by atoms with Gasteiger partial charge in [-0.3, -0.25) is 0 Å². The molecule has 0 radical (unpaired) electrons. The summed E-state index contributed by atoms with van der Waals surface area (Å²) in [7, 11) is 0. The Kier molecular flexibility index (Phi) is 4.30. The fourth-order valence-corrected chi connectivity index (χ4v) is 1.17. The van der Waals surface area contributed by atoms with Gasteiger partial charge in [0.05, 0.1) is 11.3 Å². The minimum Gasteiger partial charge on any atom is -0.478 e. The molecule has 0 aliphatic rings. The molecular weight excluding hydrogens is 272 g/mol. The molecule has 0 spiro atoms. The Morgan fingerprint density at radius 1 is 1.26 bits per heavy atom. The number of carbonyl (C=O) groups is 2. The van der Waals surface area contributed by atoms with Crippen LogP contribution >= 0.6 is 0 Å². The molecule has 1 rings (SSSR count). The maximum atomic E-state index is 13.3. The molecule has 0 aromatic heterocycles. The Morgan fingerprint density at radius 2 is 1.89 bits per heavy atom. The fourth-order valence-electron chi connectivity index (χ4n) is 1.17. The molecule has 0 saturated carbocycles. The first-order valence-electron chi connectivity index (χ1n) is 4.84. The zero-order chi connectivity index (χ0) is 14.6. The number of carbonyl (C=O) groups excluding carboxylic acids is 1. The third-order valence-electron chi connectivity index (χ3n) is 1.93. The summed E-state index contributed by atoms with van der Waals surface area (Å²) in [5.74, 6) is -2.59. The first kappa shape index (κ1) is 14.7. The smallest absolute Gasteiger partial charge is 0.405 e. The van der Waals surface area contributed by atoms with Gasteiger partial charge in [0, 0.05) is 0 Å². The van der Waals surface area contributed by atoms with Crippen LogP contribution in [0.3, 0.4) is 0 Å². The Morgan fingerprint density at radius 3 is 2.42 bits per heavy atom. The van der Waals surface area contributed by atoms with Crippen molar-refractivity contribution < 1.29 is 32.3 Å². The third-order valence-corrected chi connectivity index (χ3v) is 1.93. The van der Waals surface area contributed by atoms with Gasteiger partial charge < -0.3 is 15.7 Å². The van der Waals surface area contributed by atoms with E-state index in [9.17, 15) is 27.2 Å². The SMILES string of the molecule is O=C(NCC(F)(F)F)Nc1c(F)cccc1C(=O)O. The number of amides is 2. The van der Waals surface area contributed by atoms with Crippen molar-refractivity contribution in [1.82, 2.24) is 5.32 Å². The predicted molar refractivity (Wildman–Crippen MR) is 56.4 cm³/mol. The van der Waals surface area contributed by atoms with Crippen LogP contribution in [-0.4, -0.2) is 29.8 Å². The summed E-state index contributed by atoms with van der Waals surface area (Å²) in [6.45, 7) is -1.62. The van der Waals surface area contributed by atoms with E-state index in [1.807, 2.05) is 0 Å². The zero-order valence-electron chi connectivity index (χ0n) is 9.21. The van der Waals surface area contributed by atoms with Crippen LogP contribution in [0.1, 0.15) is 10.4 Å². The van der Waals surface area contributed by atoms with E-state index in [0.29, 0.717) is 0 Å². The summed E-state index contributed by atoms with van der Waals surface area (Å²) in [4.78, 5) is 21.9. The molecule has 3 N–H and O–H groups in total. The largest absolute Gasteiger partial charge is 0.478 e. The maximum Gasteiger partial charge on any atom is 0.405 e. The topological polar surface area (TPSA) is 78.4 Å². The first-order chi connectivity index (χ1) is 8.70. The summed E-state index contributed by atoms with van der Waals surface area (Å²) in [5, 5.41) is 11.9. The van der Waals surface area contributed by atoms with Crippen molar-refractivity contribution in [2.24, 2.45) is 0 Å². The van der Waals surface area contributed by atoms with Gasteiger partial charge in [-0.1, -0.05) is 6.07 Å². The molecule has 5 nitrogen and oxygen atoms in total. The number of alkyl halides is 3. The molecule has 1 aromatic rings. The monoisotopic (exact) mass is 280 g/mol. The number of nitrogens with one attached hydrogen (secondary N) is 2. The lowest BCUT2D eigenvalue weighted by Crippen LogP contribution is -2.37. The molecule has 0 fully saturated rings. The molecule has 0 heterocycles. The van der Waals surface area contributed by atoms with Crippen molar-refractivity contribution >= 4 is 17.7 Å². The number of anilines is 1. The average molecular weight is 280 g/mol. The number of benzene rings is 1. The van der Waals surface area contributed by atoms with Crippen LogP contribution in [0, 0.1) is 5.82 Å². The summed E-state index contributed by atoms with van der Waals surface area (Å²) in [5.41, 5.74) is -1.27. The molecule has 0 atom stereocenters. The summed E-state index contributed by atoms with van der Waals surface area (Å²) in [6, 6.07) is 1.61. The van der Waals surface area contributed by atoms with E-state index in [0.717, 1.165) is 18.2 Å². The Bertz CT molecular complexity index is 502. The third kappa shape index (κ3) is 4.45. The minimum absolute atomic E-state index is 0.567. The van der Waals surface area contributed by atoms with Gasteiger partial charge in [0.2, 0.25) is 0 Å². The van der Waals surface area contributed by atoms with Crippen LogP contribution in [0.4, 0.5) is 28.0 Å². The molecule has 19 heavy (non-hydrogen) atoms. The first-order valence-corrected chi connectivity index (χ1v) is 4.84. The molecule has 0 aliphatic carbocycles. The lowest BCUT2D eigenvalue weighted by Gasteiger charge is -2.11. The van der Waals surface area contributed by atoms with E-state index < -0.39 is 41.8 Å². The molecular formula is C10H8F4N2O3. The lowest BCUT2D eigenvalue weighted by atomic mass is 10.1. The van der Waals surface area contributed by atoms with Crippen LogP contribution in [0.15, 0.2) is 18.2 Å². The van der Waals surface area contributed by atoms with Crippen LogP contribution in [0.25, 0.3) is 0 Å². The molecule has 0 aliphatic heterocycles. The van der Waals surface area contributed by atoms with Crippen LogP contribution in [0.5, 0.6) is 0 Å². The van der Waals surface area contributed by atoms with E-state index in [2.05, 4.69) is 0 Å².